The lowest BCUT2D eigenvalue weighted by Gasteiger charge is -2.25. The van der Waals surface area contributed by atoms with Crippen molar-refractivity contribution >= 4 is 0 Å². The van der Waals surface area contributed by atoms with Crippen molar-refractivity contribution in [1.82, 2.24) is 10.2 Å². The van der Waals surface area contributed by atoms with Crippen LogP contribution in [0.2, 0.25) is 0 Å². The second-order valence-electron chi connectivity index (χ2n) is 4.80. The Balaban J connectivity index is 2.07. The van der Waals surface area contributed by atoms with Gasteiger partial charge in [-0.1, -0.05) is 25.1 Å². The second-order valence-corrected chi connectivity index (χ2v) is 4.80. The highest BCUT2D eigenvalue weighted by molar-refractivity contribution is 5.21. The zero-order chi connectivity index (χ0) is 12.3. The van der Waals surface area contributed by atoms with E-state index < -0.39 is 0 Å². The van der Waals surface area contributed by atoms with Crippen LogP contribution in [0, 0.1) is 5.82 Å². The molecule has 17 heavy (non-hydrogen) atoms. The molecule has 2 nitrogen and oxygen atoms in total. The molecule has 0 saturated heterocycles. The summed E-state index contributed by atoms with van der Waals surface area (Å²) in [5, 5.41) is 3.37. The number of halogens is 1. The Hall–Kier alpha value is -0.930. The zero-order valence-electron chi connectivity index (χ0n) is 10.6. The molecule has 1 aliphatic carbocycles. The van der Waals surface area contributed by atoms with Gasteiger partial charge >= 0.3 is 0 Å². The molecule has 1 saturated carbocycles. The van der Waals surface area contributed by atoms with Crippen molar-refractivity contribution in [1.29, 1.82) is 0 Å². The topological polar surface area (TPSA) is 15.3 Å². The van der Waals surface area contributed by atoms with E-state index in [1.54, 1.807) is 6.07 Å². The fraction of sp³-hybridized carbons (Fsp3) is 0.571. The van der Waals surface area contributed by atoms with Gasteiger partial charge in [0.2, 0.25) is 0 Å². The first-order chi connectivity index (χ1) is 8.22. The van der Waals surface area contributed by atoms with Crippen LogP contribution in [0.25, 0.3) is 0 Å². The average molecular weight is 236 g/mol. The second kappa shape index (κ2) is 5.61. The molecule has 1 aromatic carbocycles. The average Bonchev–Trinajstić information content (AvgIpc) is 3.13. The summed E-state index contributed by atoms with van der Waals surface area (Å²) in [4.78, 5) is 2.33. The van der Waals surface area contributed by atoms with Crippen LogP contribution in [0.3, 0.4) is 0 Å². The molecule has 0 amide bonds. The van der Waals surface area contributed by atoms with Crippen molar-refractivity contribution in [3.8, 4) is 0 Å². The first kappa shape index (κ1) is 12.5. The number of hydrogen-bond acceptors (Lipinski definition) is 2. The first-order valence-corrected chi connectivity index (χ1v) is 6.40. The van der Waals surface area contributed by atoms with Gasteiger partial charge in [0.15, 0.2) is 0 Å². The van der Waals surface area contributed by atoms with Crippen LogP contribution in [0.4, 0.5) is 4.39 Å². The Morgan fingerprint density at radius 3 is 2.71 bits per heavy atom. The zero-order valence-corrected chi connectivity index (χ0v) is 10.6. The van der Waals surface area contributed by atoms with Crippen LogP contribution in [0.5, 0.6) is 0 Å². The Morgan fingerprint density at radius 1 is 1.41 bits per heavy atom. The number of nitrogens with one attached hydrogen (secondary N) is 1. The fourth-order valence-corrected chi connectivity index (χ4v) is 2.23. The maximum atomic E-state index is 13.8. The molecule has 0 aliphatic heterocycles. The monoisotopic (exact) mass is 236 g/mol. The van der Waals surface area contributed by atoms with E-state index in [0.717, 1.165) is 18.7 Å². The minimum Gasteiger partial charge on any atom is -0.309 e. The minimum atomic E-state index is -0.109. The highest BCUT2D eigenvalue weighted by Gasteiger charge is 2.28. The standard InChI is InChI=1S/C14H21FN2/c1-3-16-14(10-17(2)11-8-9-11)12-6-4-5-7-13(12)15/h4-7,11,14,16H,3,8-10H2,1-2H3. The lowest BCUT2D eigenvalue weighted by atomic mass is 10.1. The Bertz CT molecular complexity index is 363. The van der Waals surface area contributed by atoms with Gasteiger partial charge in [0.1, 0.15) is 5.82 Å². The van der Waals surface area contributed by atoms with Gasteiger partial charge in [0.05, 0.1) is 0 Å². The highest BCUT2D eigenvalue weighted by atomic mass is 19.1. The Labute approximate surface area is 103 Å². The van der Waals surface area contributed by atoms with Gasteiger partial charge in [-0.15, -0.1) is 0 Å². The summed E-state index contributed by atoms with van der Waals surface area (Å²) in [6, 6.07) is 7.86. The summed E-state index contributed by atoms with van der Waals surface area (Å²) in [7, 11) is 2.13. The van der Waals surface area contributed by atoms with E-state index in [0.29, 0.717) is 6.04 Å². The molecule has 1 aliphatic rings. The van der Waals surface area contributed by atoms with Crippen molar-refractivity contribution in [2.24, 2.45) is 0 Å². The van der Waals surface area contributed by atoms with E-state index in [1.807, 2.05) is 12.1 Å². The number of likely N-dealkylation sites (N-methyl/N-ethyl adjacent to an activating group) is 2. The van der Waals surface area contributed by atoms with Crippen molar-refractivity contribution in [2.75, 3.05) is 20.1 Å². The van der Waals surface area contributed by atoms with Gasteiger partial charge < -0.3 is 10.2 Å². The Morgan fingerprint density at radius 2 is 2.12 bits per heavy atom. The summed E-state index contributed by atoms with van der Waals surface area (Å²) >= 11 is 0. The van der Waals surface area contributed by atoms with Gasteiger partial charge in [-0.05, 0) is 32.5 Å². The smallest absolute Gasteiger partial charge is 0.128 e. The maximum Gasteiger partial charge on any atom is 0.128 e. The van der Waals surface area contributed by atoms with Gasteiger partial charge in [0, 0.05) is 24.2 Å². The van der Waals surface area contributed by atoms with Gasteiger partial charge in [-0.25, -0.2) is 4.39 Å². The quantitative estimate of drug-likeness (QED) is 0.816. The van der Waals surface area contributed by atoms with Crippen LogP contribution in [-0.4, -0.2) is 31.1 Å². The third kappa shape index (κ3) is 3.27. The summed E-state index contributed by atoms with van der Waals surface area (Å²) in [5.74, 6) is -0.109. The van der Waals surface area contributed by atoms with E-state index >= 15 is 0 Å². The number of hydrogen-bond donors (Lipinski definition) is 1. The molecule has 1 atom stereocenters. The van der Waals surface area contributed by atoms with Crippen LogP contribution in [0.15, 0.2) is 24.3 Å². The van der Waals surface area contributed by atoms with Gasteiger partial charge in [-0.3, -0.25) is 0 Å². The summed E-state index contributed by atoms with van der Waals surface area (Å²) in [6.07, 6.45) is 2.57. The normalized spacial score (nSPS) is 17.4. The molecular formula is C14H21FN2. The number of benzene rings is 1. The molecule has 3 heteroatoms. The first-order valence-electron chi connectivity index (χ1n) is 6.40. The lowest BCUT2D eigenvalue weighted by Crippen LogP contribution is -2.34. The van der Waals surface area contributed by atoms with E-state index in [9.17, 15) is 4.39 Å². The molecule has 1 unspecified atom stereocenters. The van der Waals surface area contributed by atoms with E-state index in [4.69, 9.17) is 0 Å². The van der Waals surface area contributed by atoms with Crippen LogP contribution < -0.4 is 5.32 Å². The fourth-order valence-electron chi connectivity index (χ4n) is 2.23. The SMILES string of the molecule is CCNC(CN(C)C1CC1)c1ccccc1F. The summed E-state index contributed by atoms with van der Waals surface area (Å²) < 4.78 is 13.8. The molecule has 1 fully saturated rings. The third-order valence-electron chi connectivity index (χ3n) is 3.37. The van der Waals surface area contributed by atoms with Crippen LogP contribution in [-0.2, 0) is 0 Å². The largest absolute Gasteiger partial charge is 0.309 e. The van der Waals surface area contributed by atoms with Crippen LogP contribution in [0.1, 0.15) is 31.4 Å². The minimum absolute atomic E-state index is 0.0896. The molecule has 2 rings (SSSR count). The van der Waals surface area contributed by atoms with E-state index in [2.05, 4.69) is 24.2 Å². The van der Waals surface area contributed by atoms with Crippen molar-refractivity contribution in [3.05, 3.63) is 35.6 Å². The van der Waals surface area contributed by atoms with Crippen molar-refractivity contribution in [3.63, 3.8) is 0 Å². The van der Waals surface area contributed by atoms with Crippen molar-refractivity contribution < 1.29 is 4.39 Å². The molecule has 1 aromatic rings. The molecule has 0 bridgehead atoms. The lowest BCUT2D eigenvalue weighted by molar-refractivity contribution is 0.280. The summed E-state index contributed by atoms with van der Waals surface area (Å²) in [5.41, 5.74) is 0.779. The molecule has 94 valence electrons. The molecular weight excluding hydrogens is 215 g/mol. The van der Waals surface area contributed by atoms with Crippen LogP contribution >= 0.6 is 0 Å². The predicted molar refractivity (Wildman–Crippen MR) is 68.5 cm³/mol. The van der Waals surface area contributed by atoms with E-state index in [-0.39, 0.29) is 11.9 Å². The summed E-state index contributed by atoms with van der Waals surface area (Å²) in [6.45, 7) is 3.79. The van der Waals surface area contributed by atoms with Crippen molar-refractivity contribution in [2.45, 2.75) is 31.8 Å². The predicted octanol–water partition coefficient (Wildman–Crippen LogP) is 2.57. The Kier molecular flexibility index (Phi) is 4.13. The van der Waals surface area contributed by atoms with Gasteiger partial charge in [-0.2, -0.15) is 0 Å². The van der Waals surface area contributed by atoms with E-state index in [1.165, 1.54) is 18.9 Å². The molecule has 1 N–H and O–H groups in total. The molecule has 0 radical (unpaired) electrons. The maximum absolute atomic E-state index is 13.8. The molecule has 0 heterocycles. The number of rotatable bonds is 6. The molecule has 0 aromatic heterocycles. The number of nitrogens with zero attached hydrogens (tertiary/aromatic N) is 1. The highest BCUT2D eigenvalue weighted by Crippen LogP contribution is 2.27. The third-order valence-corrected chi connectivity index (χ3v) is 3.37. The molecule has 0 spiro atoms. The van der Waals surface area contributed by atoms with Gasteiger partial charge in [0.25, 0.3) is 0 Å².